The van der Waals surface area contributed by atoms with Crippen molar-refractivity contribution in [3.63, 3.8) is 0 Å². The monoisotopic (exact) mass is 379 g/mol. The number of aliphatic hydroxyl groups is 1. The number of hydrogen-bond acceptors (Lipinski definition) is 4. The molecule has 2 atom stereocenters. The van der Waals surface area contributed by atoms with Crippen molar-refractivity contribution in [1.82, 2.24) is 15.3 Å². The Bertz CT molecular complexity index is 1000. The molecule has 0 aliphatic heterocycles. The Morgan fingerprint density at radius 3 is 2.67 bits per heavy atom. The van der Waals surface area contributed by atoms with E-state index in [2.05, 4.69) is 15.3 Å². The minimum Gasteiger partial charge on any atom is -0.390 e. The molecular weight excluding hydrogens is 362 g/mol. The Morgan fingerprint density at radius 2 is 1.89 bits per heavy atom. The van der Waals surface area contributed by atoms with E-state index in [0.717, 1.165) is 16.7 Å². The second-order valence-electron chi connectivity index (χ2n) is 6.65. The number of halogens is 1. The van der Waals surface area contributed by atoms with Crippen molar-refractivity contribution in [2.75, 3.05) is 0 Å². The van der Waals surface area contributed by atoms with Gasteiger partial charge in [0.1, 0.15) is 5.69 Å². The van der Waals surface area contributed by atoms with Crippen molar-refractivity contribution < 1.29 is 9.90 Å². The van der Waals surface area contributed by atoms with Crippen LogP contribution in [0.3, 0.4) is 0 Å². The van der Waals surface area contributed by atoms with E-state index in [1.165, 1.54) is 0 Å². The smallest absolute Gasteiger partial charge is 0.270 e. The number of carbonyl (C=O) groups excluding carboxylic acids is 1. The van der Waals surface area contributed by atoms with Crippen LogP contribution in [0.5, 0.6) is 0 Å². The van der Waals surface area contributed by atoms with E-state index in [-0.39, 0.29) is 11.6 Å². The summed E-state index contributed by atoms with van der Waals surface area (Å²) in [5.74, 6) is 0.126. The number of rotatable bonds is 3. The van der Waals surface area contributed by atoms with Gasteiger partial charge in [0.15, 0.2) is 5.82 Å². The Labute approximate surface area is 162 Å². The Kier molecular flexibility index (Phi) is 4.64. The quantitative estimate of drug-likeness (QED) is 0.730. The van der Waals surface area contributed by atoms with Crippen LogP contribution in [-0.2, 0) is 6.42 Å². The molecule has 0 spiro atoms. The van der Waals surface area contributed by atoms with Gasteiger partial charge in [0.25, 0.3) is 5.91 Å². The molecule has 0 saturated carbocycles. The third-order valence-electron chi connectivity index (χ3n) is 4.68. The molecule has 1 amide bonds. The third kappa shape index (κ3) is 3.56. The van der Waals surface area contributed by atoms with E-state index in [1.807, 2.05) is 43.3 Å². The van der Waals surface area contributed by atoms with Crippen LogP contribution in [0.4, 0.5) is 0 Å². The van der Waals surface area contributed by atoms with Gasteiger partial charge in [-0.05, 0) is 48.4 Å². The highest BCUT2D eigenvalue weighted by molar-refractivity contribution is 6.30. The van der Waals surface area contributed by atoms with Crippen LogP contribution < -0.4 is 5.32 Å². The summed E-state index contributed by atoms with van der Waals surface area (Å²) in [4.78, 5) is 21.6. The molecule has 1 aliphatic rings. The number of hydrogen-bond donors (Lipinski definition) is 2. The largest absolute Gasteiger partial charge is 0.390 e. The van der Waals surface area contributed by atoms with Crippen LogP contribution in [0.2, 0.25) is 5.02 Å². The van der Waals surface area contributed by atoms with E-state index in [1.54, 1.807) is 18.2 Å². The SMILES string of the molecule is Cc1cc(C(=O)NC2c3ccccc3CC2O)nc(-c2ccc(Cl)cc2)n1. The lowest BCUT2D eigenvalue weighted by Crippen LogP contribution is -2.34. The van der Waals surface area contributed by atoms with Crippen LogP contribution in [0.1, 0.15) is 33.4 Å². The highest BCUT2D eigenvalue weighted by Crippen LogP contribution is 2.31. The number of nitrogens with zero attached hydrogens (tertiary/aromatic N) is 2. The summed E-state index contributed by atoms with van der Waals surface area (Å²) in [6.07, 6.45) is -0.120. The number of benzene rings is 2. The molecule has 6 heteroatoms. The molecule has 2 N–H and O–H groups in total. The van der Waals surface area contributed by atoms with Crippen LogP contribution in [0.25, 0.3) is 11.4 Å². The summed E-state index contributed by atoms with van der Waals surface area (Å²) >= 11 is 5.93. The molecule has 2 unspecified atom stereocenters. The lowest BCUT2D eigenvalue weighted by Gasteiger charge is -2.18. The van der Waals surface area contributed by atoms with Crippen molar-refractivity contribution in [3.8, 4) is 11.4 Å². The topological polar surface area (TPSA) is 75.1 Å². The summed E-state index contributed by atoms with van der Waals surface area (Å²) in [6.45, 7) is 1.82. The molecule has 0 bridgehead atoms. The number of carbonyl (C=O) groups is 1. The first kappa shape index (κ1) is 17.6. The summed E-state index contributed by atoms with van der Waals surface area (Å²) in [6, 6.07) is 16.1. The molecule has 27 heavy (non-hydrogen) atoms. The Balaban J connectivity index is 1.62. The fraction of sp³-hybridized carbons (Fsp3) is 0.190. The number of fused-ring (bicyclic) bond motifs is 1. The molecular formula is C21H18ClN3O2. The summed E-state index contributed by atoms with van der Waals surface area (Å²) in [5, 5.41) is 13.9. The molecule has 136 valence electrons. The van der Waals surface area contributed by atoms with Crippen molar-refractivity contribution in [1.29, 1.82) is 0 Å². The van der Waals surface area contributed by atoms with Gasteiger partial charge < -0.3 is 10.4 Å². The Morgan fingerprint density at radius 1 is 1.15 bits per heavy atom. The van der Waals surface area contributed by atoms with Gasteiger partial charge in [0.05, 0.1) is 12.1 Å². The zero-order chi connectivity index (χ0) is 19.0. The predicted octanol–water partition coefficient (Wildman–Crippen LogP) is 3.49. The molecule has 2 aromatic carbocycles. The molecule has 0 saturated heterocycles. The van der Waals surface area contributed by atoms with E-state index in [4.69, 9.17) is 11.6 Å². The van der Waals surface area contributed by atoms with Crippen molar-refractivity contribution in [2.24, 2.45) is 0 Å². The normalized spacial score (nSPS) is 18.2. The molecule has 4 rings (SSSR count). The molecule has 1 heterocycles. The van der Waals surface area contributed by atoms with Gasteiger partial charge in [-0.1, -0.05) is 35.9 Å². The molecule has 1 aromatic heterocycles. The lowest BCUT2D eigenvalue weighted by atomic mass is 10.1. The van der Waals surface area contributed by atoms with Gasteiger partial charge in [-0.3, -0.25) is 4.79 Å². The van der Waals surface area contributed by atoms with E-state index >= 15 is 0 Å². The fourth-order valence-corrected chi connectivity index (χ4v) is 3.50. The van der Waals surface area contributed by atoms with E-state index < -0.39 is 12.1 Å². The van der Waals surface area contributed by atoms with Gasteiger partial charge >= 0.3 is 0 Å². The third-order valence-corrected chi connectivity index (χ3v) is 4.93. The van der Waals surface area contributed by atoms with Gasteiger partial charge in [-0.15, -0.1) is 0 Å². The first-order valence-corrected chi connectivity index (χ1v) is 9.07. The summed E-state index contributed by atoms with van der Waals surface area (Å²) in [7, 11) is 0. The van der Waals surface area contributed by atoms with Gasteiger partial charge in [0, 0.05) is 22.7 Å². The lowest BCUT2D eigenvalue weighted by molar-refractivity contribution is 0.0853. The van der Waals surface area contributed by atoms with E-state index in [0.29, 0.717) is 23.0 Å². The van der Waals surface area contributed by atoms with Crippen LogP contribution >= 0.6 is 11.6 Å². The van der Waals surface area contributed by atoms with Crippen molar-refractivity contribution in [3.05, 3.63) is 82.1 Å². The molecule has 0 fully saturated rings. The number of aliphatic hydroxyl groups excluding tert-OH is 1. The molecule has 0 radical (unpaired) electrons. The average Bonchev–Trinajstić information content (AvgIpc) is 2.97. The number of aryl methyl sites for hydroxylation is 1. The van der Waals surface area contributed by atoms with Crippen LogP contribution in [0.15, 0.2) is 54.6 Å². The Hall–Kier alpha value is -2.76. The zero-order valence-corrected chi connectivity index (χ0v) is 15.4. The highest BCUT2D eigenvalue weighted by Gasteiger charge is 2.32. The first-order valence-electron chi connectivity index (χ1n) is 8.69. The minimum absolute atomic E-state index is 0.268. The van der Waals surface area contributed by atoms with E-state index in [9.17, 15) is 9.90 Å². The van der Waals surface area contributed by atoms with Crippen LogP contribution in [0, 0.1) is 6.92 Å². The van der Waals surface area contributed by atoms with Crippen molar-refractivity contribution in [2.45, 2.75) is 25.5 Å². The number of nitrogens with one attached hydrogen (secondary N) is 1. The zero-order valence-electron chi connectivity index (χ0n) is 14.7. The first-order chi connectivity index (χ1) is 13.0. The standard InChI is InChI=1S/C21H18ClN3O2/c1-12-10-17(24-20(23-12)13-6-8-15(22)9-7-13)21(27)25-19-16-5-3-2-4-14(16)11-18(19)26/h2-10,18-19,26H,11H2,1H3,(H,25,27). The van der Waals surface area contributed by atoms with Gasteiger partial charge in [-0.2, -0.15) is 0 Å². The van der Waals surface area contributed by atoms with Crippen LogP contribution in [-0.4, -0.2) is 27.1 Å². The molecule has 1 aliphatic carbocycles. The predicted molar refractivity (Wildman–Crippen MR) is 104 cm³/mol. The fourth-order valence-electron chi connectivity index (χ4n) is 3.38. The van der Waals surface area contributed by atoms with Gasteiger partial charge in [0.2, 0.25) is 0 Å². The maximum Gasteiger partial charge on any atom is 0.270 e. The average molecular weight is 380 g/mol. The molecule has 5 nitrogen and oxygen atoms in total. The number of amides is 1. The highest BCUT2D eigenvalue weighted by atomic mass is 35.5. The summed E-state index contributed by atoms with van der Waals surface area (Å²) < 4.78 is 0. The van der Waals surface area contributed by atoms with Crippen molar-refractivity contribution >= 4 is 17.5 Å². The number of aromatic nitrogens is 2. The second kappa shape index (κ2) is 7.10. The summed E-state index contributed by atoms with van der Waals surface area (Å²) in [5.41, 5.74) is 3.73. The second-order valence-corrected chi connectivity index (χ2v) is 7.08. The van der Waals surface area contributed by atoms with Gasteiger partial charge in [-0.25, -0.2) is 9.97 Å². The minimum atomic E-state index is -0.648. The maximum absolute atomic E-state index is 12.8. The maximum atomic E-state index is 12.8. The molecule has 3 aromatic rings.